The summed E-state index contributed by atoms with van der Waals surface area (Å²) in [4.78, 5) is 14.9. The second-order valence-corrected chi connectivity index (χ2v) is 8.22. The maximum absolute atomic E-state index is 13.9. The summed E-state index contributed by atoms with van der Waals surface area (Å²) in [5.74, 6) is 0.313. The van der Waals surface area contributed by atoms with Crippen LogP contribution in [0.1, 0.15) is 24.6 Å². The first kappa shape index (κ1) is 20.0. The Bertz CT molecular complexity index is 1220. The maximum atomic E-state index is 13.9. The standard InChI is InChI=1S/C21H21F2N9/c1-21(17-9-28-30-29-17)2-3-31(12-21)18-10-25-19(14-7-26-20(24)27-8-14)32(18)11-13-4-15(22)6-16(23)5-13/h4-10H,2-3,11-12H2,1H3,(H2,24,26,27)(H,28,29,30). The third-order valence-electron chi connectivity index (χ3n) is 5.86. The smallest absolute Gasteiger partial charge is 0.219 e. The molecule has 164 valence electrons. The van der Waals surface area contributed by atoms with E-state index in [9.17, 15) is 8.78 Å². The fourth-order valence-corrected chi connectivity index (χ4v) is 4.20. The van der Waals surface area contributed by atoms with Crippen LogP contribution in [-0.2, 0) is 12.0 Å². The van der Waals surface area contributed by atoms with E-state index < -0.39 is 11.6 Å². The number of imidazole rings is 1. The number of nitrogens with zero attached hydrogens (tertiary/aromatic N) is 7. The summed E-state index contributed by atoms with van der Waals surface area (Å²) in [5, 5.41) is 10.9. The maximum Gasteiger partial charge on any atom is 0.219 e. The second kappa shape index (κ2) is 7.66. The Morgan fingerprint density at radius 2 is 1.81 bits per heavy atom. The van der Waals surface area contributed by atoms with Gasteiger partial charge in [-0.15, -0.1) is 0 Å². The zero-order chi connectivity index (χ0) is 22.3. The van der Waals surface area contributed by atoms with Crippen molar-refractivity contribution >= 4 is 11.8 Å². The minimum Gasteiger partial charge on any atom is -0.368 e. The number of anilines is 2. The van der Waals surface area contributed by atoms with Crippen molar-refractivity contribution in [2.45, 2.75) is 25.3 Å². The van der Waals surface area contributed by atoms with Gasteiger partial charge in [-0.05, 0) is 24.1 Å². The van der Waals surface area contributed by atoms with Crippen LogP contribution in [0.5, 0.6) is 0 Å². The monoisotopic (exact) mass is 437 g/mol. The lowest BCUT2D eigenvalue weighted by molar-refractivity contribution is 0.511. The van der Waals surface area contributed by atoms with Gasteiger partial charge in [0.05, 0.1) is 30.2 Å². The zero-order valence-corrected chi connectivity index (χ0v) is 17.3. The average Bonchev–Trinajstić information content (AvgIpc) is 3.49. The Kier molecular flexibility index (Phi) is 4.80. The number of hydrogen-bond donors (Lipinski definition) is 2. The Morgan fingerprint density at radius 1 is 1.06 bits per heavy atom. The van der Waals surface area contributed by atoms with Gasteiger partial charge in [0.25, 0.3) is 0 Å². The highest BCUT2D eigenvalue weighted by molar-refractivity contribution is 5.59. The predicted molar refractivity (Wildman–Crippen MR) is 114 cm³/mol. The van der Waals surface area contributed by atoms with E-state index in [1.54, 1.807) is 24.8 Å². The first-order valence-corrected chi connectivity index (χ1v) is 10.1. The van der Waals surface area contributed by atoms with Gasteiger partial charge in [-0.3, -0.25) is 0 Å². The Balaban J connectivity index is 1.54. The molecule has 32 heavy (non-hydrogen) atoms. The third kappa shape index (κ3) is 3.66. The van der Waals surface area contributed by atoms with E-state index in [0.29, 0.717) is 23.5 Å². The Morgan fingerprint density at radius 3 is 2.50 bits per heavy atom. The summed E-state index contributed by atoms with van der Waals surface area (Å²) in [5.41, 5.74) is 7.47. The number of nitrogen functional groups attached to an aromatic ring is 1. The molecule has 0 spiro atoms. The lowest BCUT2D eigenvalue weighted by Crippen LogP contribution is -2.30. The van der Waals surface area contributed by atoms with Crippen LogP contribution in [0.4, 0.5) is 20.5 Å². The molecule has 1 aliphatic heterocycles. The topological polar surface area (TPSA) is 114 Å². The molecule has 11 heteroatoms. The van der Waals surface area contributed by atoms with Crippen LogP contribution >= 0.6 is 0 Å². The molecular formula is C21H21F2N9. The fourth-order valence-electron chi connectivity index (χ4n) is 4.20. The molecule has 1 saturated heterocycles. The van der Waals surface area contributed by atoms with Gasteiger partial charge in [0.2, 0.25) is 5.95 Å². The van der Waals surface area contributed by atoms with Crippen LogP contribution in [0.25, 0.3) is 11.4 Å². The van der Waals surface area contributed by atoms with Gasteiger partial charge in [-0.2, -0.15) is 15.4 Å². The molecule has 0 amide bonds. The van der Waals surface area contributed by atoms with Crippen LogP contribution in [-0.4, -0.2) is 48.0 Å². The van der Waals surface area contributed by atoms with Gasteiger partial charge >= 0.3 is 0 Å². The number of aromatic amines is 1. The molecule has 1 aliphatic rings. The largest absolute Gasteiger partial charge is 0.368 e. The van der Waals surface area contributed by atoms with E-state index in [2.05, 4.69) is 42.2 Å². The summed E-state index contributed by atoms with van der Waals surface area (Å²) < 4.78 is 29.6. The second-order valence-electron chi connectivity index (χ2n) is 8.22. The van der Waals surface area contributed by atoms with Crippen molar-refractivity contribution in [3.05, 3.63) is 65.9 Å². The van der Waals surface area contributed by atoms with Crippen molar-refractivity contribution in [2.75, 3.05) is 23.7 Å². The molecule has 1 unspecified atom stereocenters. The van der Waals surface area contributed by atoms with Gasteiger partial charge in [0.1, 0.15) is 23.3 Å². The minimum absolute atomic E-state index is 0.155. The summed E-state index contributed by atoms with van der Waals surface area (Å²) in [7, 11) is 0. The van der Waals surface area contributed by atoms with Gasteiger partial charge in [-0.25, -0.2) is 23.7 Å². The highest BCUT2D eigenvalue weighted by atomic mass is 19.1. The highest BCUT2D eigenvalue weighted by Crippen LogP contribution is 2.36. The van der Waals surface area contributed by atoms with Crippen molar-refractivity contribution in [2.24, 2.45) is 0 Å². The molecule has 0 bridgehead atoms. The molecule has 5 rings (SSSR count). The lowest BCUT2D eigenvalue weighted by Gasteiger charge is -2.24. The molecule has 4 aromatic rings. The highest BCUT2D eigenvalue weighted by Gasteiger charge is 2.38. The first-order valence-electron chi connectivity index (χ1n) is 10.1. The molecule has 1 atom stereocenters. The molecule has 0 radical (unpaired) electrons. The molecule has 0 aliphatic carbocycles. The zero-order valence-electron chi connectivity index (χ0n) is 17.3. The number of H-pyrrole nitrogens is 1. The van der Waals surface area contributed by atoms with E-state index >= 15 is 0 Å². The van der Waals surface area contributed by atoms with Crippen molar-refractivity contribution in [3.63, 3.8) is 0 Å². The number of hydrogen-bond acceptors (Lipinski definition) is 7. The normalized spacial score (nSPS) is 18.4. The number of benzene rings is 1. The van der Waals surface area contributed by atoms with Crippen molar-refractivity contribution in [3.8, 4) is 11.4 Å². The van der Waals surface area contributed by atoms with E-state index in [1.165, 1.54) is 12.1 Å². The van der Waals surface area contributed by atoms with Crippen LogP contribution in [0, 0.1) is 11.6 Å². The molecule has 3 aromatic heterocycles. The van der Waals surface area contributed by atoms with Crippen molar-refractivity contribution in [1.29, 1.82) is 0 Å². The van der Waals surface area contributed by atoms with Gasteiger partial charge in [-0.1, -0.05) is 6.92 Å². The molecule has 3 N–H and O–H groups in total. The van der Waals surface area contributed by atoms with Gasteiger partial charge in [0, 0.05) is 37.0 Å². The fraction of sp³-hybridized carbons (Fsp3) is 0.286. The van der Waals surface area contributed by atoms with Crippen molar-refractivity contribution < 1.29 is 8.78 Å². The van der Waals surface area contributed by atoms with E-state index in [4.69, 9.17) is 5.73 Å². The number of aromatic nitrogens is 7. The average molecular weight is 437 g/mol. The van der Waals surface area contributed by atoms with Gasteiger partial charge < -0.3 is 15.2 Å². The summed E-state index contributed by atoms with van der Waals surface area (Å²) in [6.45, 7) is 3.83. The minimum atomic E-state index is -0.626. The van der Waals surface area contributed by atoms with Crippen LogP contribution in [0.2, 0.25) is 0 Å². The van der Waals surface area contributed by atoms with Crippen LogP contribution in [0.15, 0.2) is 43.0 Å². The number of rotatable bonds is 5. The Hall–Kier alpha value is -3.89. The summed E-state index contributed by atoms with van der Waals surface area (Å²) >= 11 is 0. The molecular weight excluding hydrogens is 416 g/mol. The number of nitrogens with one attached hydrogen (secondary N) is 1. The van der Waals surface area contributed by atoms with E-state index in [1.807, 2.05) is 4.57 Å². The third-order valence-corrected chi connectivity index (χ3v) is 5.86. The molecule has 9 nitrogen and oxygen atoms in total. The lowest BCUT2D eigenvalue weighted by atomic mass is 9.87. The summed E-state index contributed by atoms with van der Waals surface area (Å²) in [6, 6.07) is 3.50. The van der Waals surface area contributed by atoms with E-state index in [-0.39, 0.29) is 17.9 Å². The molecule has 0 saturated carbocycles. The quantitative estimate of drug-likeness (QED) is 0.493. The van der Waals surface area contributed by atoms with E-state index in [0.717, 1.165) is 30.5 Å². The first-order chi connectivity index (χ1) is 15.4. The Labute approximate surface area is 182 Å². The molecule has 1 fully saturated rings. The molecule has 4 heterocycles. The predicted octanol–water partition coefficient (Wildman–Crippen LogP) is 2.53. The summed E-state index contributed by atoms with van der Waals surface area (Å²) in [6.07, 6.45) is 7.55. The molecule has 1 aromatic carbocycles. The van der Waals surface area contributed by atoms with Crippen LogP contribution < -0.4 is 10.6 Å². The van der Waals surface area contributed by atoms with Crippen molar-refractivity contribution in [1.82, 2.24) is 34.9 Å². The van der Waals surface area contributed by atoms with Gasteiger partial charge in [0.15, 0.2) is 0 Å². The SMILES string of the molecule is CC1(c2cn[nH]n2)CCN(c2cnc(-c3cnc(N)nc3)n2Cc2cc(F)cc(F)c2)C1. The number of nitrogens with two attached hydrogens (primary N) is 1. The number of halogens is 2. The van der Waals surface area contributed by atoms with Crippen LogP contribution in [0.3, 0.4) is 0 Å².